The van der Waals surface area contributed by atoms with Gasteiger partial charge in [0.2, 0.25) is 6.79 Å². The fourth-order valence-corrected chi connectivity index (χ4v) is 3.46. The van der Waals surface area contributed by atoms with E-state index in [-0.39, 0.29) is 19.1 Å². The van der Waals surface area contributed by atoms with Crippen LogP contribution in [-0.2, 0) is 13.1 Å². The number of ether oxygens (including phenoxy) is 2. The van der Waals surface area contributed by atoms with Gasteiger partial charge in [-0.2, -0.15) is 0 Å². The molecule has 2 aliphatic rings. The Morgan fingerprint density at radius 1 is 1.17 bits per heavy atom. The maximum Gasteiger partial charge on any atom is 0.359 e. The number of ketones is 1. The van der Waals surface area contributed by atoms with E-state index >= 15 is 0 Å². The third-order valence-corrected chi connectivity index (χ3v) is 4.59. The Bertz CT molecular complexity index is 977. The molecule has 1 N–H and O–H groups in total. The van der Waals surface area contributed by atoms with Crippen molar-refractivity contribution in [1.29, 1.82) is 0 Å². The summed E-state index contributed by atoms with van der Waals surface area (Å²) in [5.41, 5.74) is 2.85. The first kappa shape index (κ1) is 13.4. The van der Waals surface area contributed by atoms with Gasteiger partial charge in [-0.05, 0) is 30.3 Å². The number of hydrogen-bond acceptors (Lipinski definition) is 4. The lowest BCUT2D eigenvalue weighted by molar-refractivity contribution is -0.644. The van der Waals surface area contributed by atoms with Gasteiger partial charge in [-0.1, -0.05) is 12.1 Å². The number of imidazole rings is 1. The summed E-state index contributed by atoms with van der Waals surface area (Å²) in [6.07, 6.45) is 0. The van der Waals surface area contributed by atoms with E-state index in [4.69, 9.17) is 9.47 Å². The third kappa shape index (κ3) is 1.89. The van der Waals surface area contributed by atoms with Gasteiger partial charge >= 0.3 is 5.95 Å². The smallest absolute Gasteiger partial charge is 0.359 e. The number of benzene rings is 2. The van der Waals surface area contributed by atoms with Crippen LogP contribution < -0.4 is 19.4 Å². The third-order valence-electron chi connectivity index (χ3n) is 4.59. The second-order valence-electron chi connectivity index (χ2n) is 5.97. The molecule has 0 radical (unpaired) electrons. The Morgan fingerprint density at radius 3 is 3.00 bits per heavy atom. The zero-order valence-corrected chi connectivity index (χ0v) is 13.0. The molecule has 1 aromatic heterocycles. The van der Waals surface area contributed by atoms with Crippen LogP contribution in [0.5, 0.6) is 11.5 Å². The maximum absolute atomic E-state index is 12.8. The van der Waals surface area contributed by atoms with Crippen molar-refractivity contribution in [3.8, 4) is 11.5 Å². The maximum atomic E-state index is 12.8. The molecule has 0 bridgehead atoms. The van der Waals surface area contributed by atoms with E-state index in [0.29, 0.717) is 17.1 Å². The molecule has 3 heterocycles. The molecule has 5 rings (SSSR count). The fourth-order valence-electron chi connectivity index (χ4n) is 3.46. The minimum atomic E-state index is 0.0474. The number of carbonyl (C=O) groups excluding carboxylic acids is 1. The van der Waals surface area contributed by atoms with E-state index < -0.39 is 0 Å². The summed E-state index contributed by atoms with van der Waals surface area (Å²) in [4.78, 5) is 12.8. The van der Waals surface area contributed by atoms with Gasteiger partial charge in [-0.3, -0.25) is 10.1 Å². The molecular formula is C18H16N3O3+. The summed E-state index contributed by atoms with van der Waals surface area (Å²) < 4.78 is 15.0. The summed E-state index contributed by atoms with van der Waals surface area (Å²) in [6.45, 7) is 2.30. The Morgan fingerprint density at radius 2 is 2.04 bits per heavy atom. The number of hydrogen-bond donors (Lipinski definition) is 1. The predicted octanol–water partition coefficient (Wildman–Crippen LogP) is 1.97. The molecule has 6 heteroatoms. The minimum absolute atomic E-state index is 0.0474. The molecule has 3 aromatic rings. The summed E-state index contributed by atoms with van der Waals surface area (Å²) in [7, 11) is 0. The van der Waals surface area contributed by atoms with Crippen molar-refractivity contribution in [1.82, 2.24) is 4.57 Å². The van der Waals surface area contributed by atoms with Crippen LogP contribution in [0.25, 0.3) is 11.0 Å². The molecule has 0 unspecified atom stereocenters. The Hall–Kier alpha value is -3.02. The second kappa shape index (κ2) is 4.99. The van der Waals surface area contributed by atoms with Crippen LogP contribution in [0.3, 0.4) is 0 Å². The largest absolute Gasteiger partial charge is 0.454 e. The molecule has 0 atom stereocenters. The Balaban J connectivity index is 1.54. The summed E-state index contributed by atoms with van der Waals surface area (Å²) in [5, 5.41) is 3.39. The van der Waals surface area contributed by atoms with Gasteiger partial charge in [-0.25, -0.2) is 9.13 Å². The van der Waals surface area contributed by atoms with Crippen LogP contribution in [-0.4, -0.2) is 23.7 Å². The van der Waals surface area contributed by atoms with Crippen LogP contribution in [0.15, 0.2) is 42.5 Å². The average Bonchev–Trinajstić information content (AvgIpc) is 3.31. The van der Waals surface area contributed by atoms with Crippen molar-refractivity contribution in [3.63, 3.8) is 0 Å². The molecule has 24 heavy (non-hydrogen) atoms. The highest BCUT2D eigenvalue weighted by molar-refractivity contribution is 5.97. The Kier molecular flexibility index (Phi) is 2.79. The number of rotatable bonds is 3. The molecule has 0 fully saturated rings. The highest BCUT2D eigenvalue weighted by atomic mass is 16.7. The molecule has 0 spiro atoms. The molecule has 120 valence electrons. The fraction of sp³-hybridized carbons (Fsp3) is 0.222. The van der Waals surface area contributed by atoms with E-state index in [2.05, 4.69) is 26.6 Å². The molecular weight excluding hydrogens is 306 g/mol. The monoisotopic (exact) mass is 322 g/mol. The molecule has 0 saturated carbocycles. The predicted molar refractivity (Wildman–Crippen MR) is 87.5 cm³/mol. The van der Waals surface area contributed by atoms with Crippen LogP contribution in [0.2, 0.25) is 0 Å². The number of fused-ring (bicyclic) bond motifs is 4. The molecule has 0 saturated heterocycles. The SMILES string of the molecule is O=C(Cn1c2[n+](c3ccccc31)CCN2)c1ccc2c(c1)OCO2. The minimum Gasteiger partial charge on any atom is -0.454 e. The second-order valence-corrected chi connectivity index (χ2v) is 5.97. The lowest BCUT2D eigenvalue weighted by atomic mass is 10.1. The van der Waals surface area contributed by atoms with Crippen molar-refractivity contribution >= 4 is 22.8 Å². The lowest BCUT2D eigenvalue weighted by Crippen LogP contribution is -2.29. The van der Waals surface area contributed by atoms with Crippen LogP contribution >= 0.6 is 0 Å². The van der Waals surface area contributed by atoms with Gasteiger partial charge in [0.15, 0.2) is 17.3 Å². The van der Waals surface area contributed by atoms with Crippen molar-refractivity contribution in [2.24, 2.45) is 0 Å². The van der Waals surface area contributed by atoms with E-state index in [1.807, 2.05) is 12.1 Å². The van der Waals surface area contributed by atoms with E-state index in [9.17, 15) is 4.79 Å². The molecule has 6 nitrogen and oxygen atoms in total. The number of nitrogens with one attached hydrogen (secondary N) is 1. The highest BCUT2D eigenvalue weighted by Crippen LogP contribution is 2.33. The van der Waals surface area contributed by atoms with E-state index in [1.165, 1.54) is 0 Å². The zero-order valence-electron chi connectivity index (χ0n) is 13.0. The topological polar surface area (TPSA) is 56.4 Å². The molecule has 2 aromatic carbocycles. The first-order valence-corrected chi connectivity index (χ1v) is 7.99. The normalized spacial score (nSPS) is 14.7. The van der Waals surface area contributed by atoms with Gasteiger partial charge in [0.1, 0.15) is 24.1 Å². The van der Waals surface area contributed by atoms with Gasteiger partial charge in [0, 0.05) is 5.56 Å². The zero-order chi connectivity index (χ0) is 16.1. The summed E-state index contributed by atoms with van der Waals surface area (Å²) in [5.74, 6) is 2.36. The van der Waals surface area contributed by atoms with Crippen molar-refractivity contribution in [2.75, 3.05) is 18.7 Å². The van der Waals surface area contributed by atoms with E-state index in [1.54, 1.807) is 18.2 Å². The summed E-state index contributed by atoms with van der Waals surface area (Å²) >= 11 is 0. The standard InChI is InChI=1S/C18H15N3O3/c22-15(12-5-6-16-17(9-12)24-11-23-16)10-21-14-4-2-1-3-13(14)20-8-7-19-18(20)21/h1-6,9H,7-8,10-11H2/p+1. The van der Waals surface area contributed by atoms with Crippen molar-refractivity contribution in [3.05, 3.63) is 48.0 Å². The van der Waals surface area contributed by atoms with Crippen LogP contribution in [0.1, 0.15) is 10.4 Å². The highest BCUT2D eigenvalue weighted by Gasteiger charge is 2.29. The summed E-state index contributed by atoms with van der Waals surface area (Å²) in [6, 6.07) is 13.5. The molecule has 2 aliphatic heterocycles. The van der Waals surface area contributed by atoms with Gasteiger partial charge < -0.3 is 9.47 Å². The van der Waals surface area contributed by atoms with Gasteiger partial charge in [0.25, 0.3) is 0 Å². The number of anilines is 1. The number of para-hydroxylation sites is 2. The lowest BCUT2D eigenvalue weighted by Gasteiger charge is -2.04. The van der Waals surface area contributed by atoms with Gasteiger partial charge in [-0.15, -0.1) is 0 Å². The van der Waals surface area contributed by atoms with Gasteiger partial charge in [0.05, 0.1) is 6.54 Å². The van der Waals surface area contributed by atoms with Crippen LogP contribution in [0.4, 0.5) is 5.95 Å². The number of carbonyl (C=O) groups is 1. The Labute approximate surface area is 138 Å². The quantitative estimate of drug-likeness (QED) is 0.592. The van der Waals surface area contributed by atoms with Crippen molar-refractivity contribution in [2.45, 2.75) is 13.1 Å². The van der Waals surface area contributed by atoms with Crippen molar-refractivity contribution < 1.29 is 18.8 Å². The molecule has 0 amide bonds. The average molecular weight is 322 g/mol. The first-order chi connectivity index (χ1) is 11.8. The number of nitrogens with zero attached hydrogens (tertiary/aromatic N) is 2. The first-order valence-electron chi connectivity index (χ1n) is 7.99. The number of aromatic nitrogens is 2. The number of Topliss-reactive ketones (excluding diaryl/α,β-unsaturated/α-hetero) is 1. The van der Waals surface area contributed by atoms with Crippen LogP contribution in [0, 0.1) is 0 Å². The molecule has 0 aliphatic carbocycles. The van der Waals surface area contributed by atoms with E-state index in [0.717, 1.165) is 30.1 Å².